The summed E-state index contributed by atoms with van der Waals surface area (Å²) in [5.41, 5.74) is 3.17. The van der Waals surface area contributed by atoms with E-state index in [0.29, 0.717) is 23.0 Å². The van der Waals surface area contributed by atoms with Crippen LogP contribution in [0.3, 0.4) is 0 Å². The Bertz CT molecular complexity index is 1240. The molecule has 1 aliphatic heterocycles. The number of nitrogens with zero attached hydrogens (tertiary/aromatic N) is 2. The third-order valence-electron chi connectivity index (χ3n) is 5.19. The van der Waals surface area contributed by atoms with E-state index in [-0.39, 0.29) is 5.91 Å². The van der Waals surface area contributed by atoms with Gasteiger partial charge in [-0.05, 0) is 80.0 Å². The summed E-state index contributed by atoms with van der Waals surface area (Å²) in [6.07, 6.45) is 6.90. The lowest BCUT2D eigenvalue weighted by atomic mass is 10.1. The van der Waals surface area contributed by atoms with Crippen molar-refractivity contribution in [3.63, 3.8) is 0 Å². The molecule has 2 heterocycles. The zero-order chi connectivity index (χ0) is 22.5. The van der Waals surface area contributed by atoms with E-state index in [1.165, 1.54) is 0 Å². The average molecular weight is 509 g/mol. The van der Waals surface area contributed by atoms with E-state index in [1.54, 1.807) is 12.1 Å². The summed E-state index contributed by atoms with van der Waals surface area (Å²) in [5, 5.41) is 15.7. The molecule has 6 nitrogen and oxygen atoms in total. The van der Waals surface area contributed by atoms with E-state index in [4.69, 9.17) is 22.2 Å². The number of amides is 1. The van der Waals surface area contributed by atoms with Gasteiger partial charge in [0.15, 0.2) is 5.11 Å². The van der Waals surface area contributed by atoms with Crippen LogP contribution >= 0.6 is 28.1 Å². The predicted octanol–water partition coefficient (Wildman–Crippen LogP) is 4.87. The van der Waals surface area contributed by atoms with E-state index in [1.807, 2.05) is 24.3 Å². The number of fused-ring (bicyclic) bond motifs is 1. The lowest BCUT2D eigenvalue weighted by Gasteiger charge is -2.07. The number of nitriles is 1. The minimum atomic E-state index is -0.215. The molecule has 0 saturated carbocycles. The first-order valence-corrected chi connectivity index (χ1v) is 11.5. The van der Waals surface area contributed by atoms with Crippen LogP contribution in [-0.2, 0) is 11.3 Å². The Morgan fingerprint density at radius 1 is 1.12 bits per heavy atom. The van der Waals surface area contributed by atoms with Crippen molar-refractivity contribution >= 4 is 56.1 Å². The van der Waals surface area contributed by atoms with Crippen LogP contribution in [0.4, 0.5) is 0 Å². The van der Waals surface area contributed by atoms with Crippen LogP contribution in [0.2, 0.25) is 0 Å². The summed E-state index contributed by atoms with van der Waals surface area (Å²) in [6, 6.07) is 15.4. The lowest BCUT2D eigenvalue weighted by molar-refractivity contribution is -0.115. The highest BCUT2D eigenvalue weighted by Gasteiger charge is 2.21. The Labute approximate surface area is 200 Å². The second-order valence-electron chi connectivity index (χ2n) is 7.45. The zero-order valence-corrected chi connectivity index (χ0v) is 19.6. The summed E-state index contributed by atoms with van der Waals surface area (Å²) in [7, 11) is 0. The molecule has 4 rings (SSSR count). The summed E-state index contributed by atoms with van der Waals surface area (Å²) in [6.45, 7) is 1.51. The number of rotatable bonds is 8. The highest BCUT2D eigenvalue weighted by atomic mass is 79.9. The Balaban J connectivity index is 1.37. The van der Waals surface area contributed by atoms with Crippen LogP contribution in [-0.4, -0.2) is 22.2 Å². The molecule has 2 N–H and O–H groups in total. The third kappa shape index (κ3) is 5.18. The largest absolute Gasteiger partial charge is 0.494 e. The second kappa shape index (κ2) is 9.98. The quantitative estimate of drug-likeness (QED) is 0.257. The van der Waals surface area contributed by atoms with Crippen LogP contribution in [0.15, 0.2) is 58.8 Å². The molecule has 0 spiro atoms. The number of unbranched alkanes of at least 4 members (excludes halogenated alkanes) is 2. The number of aromatic nitrogens is 1. The van der Waals surface area contributed by atoms with Crippen LogP contribution in [0.1, 0.15) is 30.4 Å². The predicted molar refractivity (Wildman–Crippen MR) is 132 cm³/mol. The molecule has 0 unspecified atom stereocenters. The van der Waals surface area contributed by atoms with Crippen molar-refractivity contribution < 1.29 is 9.53 Å². The third-order valence-corrected chi connectivity index (χ3v) is 5.89. The maximum Gasteiger partial charge on any atom is 0.273 e. The number of aryl methyl sites for hydroxylation is 1. The fourth-order valence-corrected chi connectivity index (χ4v) is 4.18. The smallest absolute Gasteiger partial charge is 0.273 e. The Morgan fingerprint density at radius 2 is 1.94 bits per heavy atom. The number of benzene rings is 2. The summed E-state index contributed by atoms with van der Waals surface area (Å²) in [5.74, 6) is 0.570. The van der Waals surface area contributed by atoms with E-state index >= 15 is 0 Å². The number of hydrogen-bond donors (Lipinski definition) is 2. The van der Waals surface area contributed by atoms with Gasteiger partial charge in [0.25, 0.3) is 5.91 Å². The number of nitrogens with one attached hydrogen (secondary N) is 2. The van der Waals surface area contributed by atoms with Crippen molar-refractivity contribution in [1.82, 2.24) is 15.2 Å². The Hall–Kier alpha value is -3.15. The molecular weight excluding hydrogens is 488 g/mol. The Morgan fingerprint density at radius 3 is 2.66 bits per heavy atom. The highest BCUT2D eigenvalue weighted by molar-refractivity contribution is 9.10. The van der Waals surface area contributed by atoms with Crippen LogP contribution in [0.25, 0.3) is 17.0 Å². The van der Waals surface area contributed by atoms with E-state index in [9.17, 15) is 4.79 Å². The summed E-state index contributed by atoms with van der Waals surface area (Å²) in [4.78, 5) is 12.0. The number of hydrogen-bond acceptors (Lipinski definition) is 4. The Kier molecular flexibility index (Phi) is 6.88. The van der Waals surface area contributed by atoms with Gasteiger partial charge in [-0.15, -0.1) is 0 Å². The molecule has 1 fully saturated rings. The molecule has 1 aromatic heterocycles. The van der Waals surface area contributed by atoms with Gasteiger partial charge in [0, 0.05) is 33.7 Å². The number of carbonyl (C=O) groups is 1. The van der Waals surface area contributed by atoms with Crippen molar-refractivity contribution in [3.8, 4) is 11.8 Å². The number of carbonyl (C=O) groups excluding carboxylic acids is 1. The van der Waals surface area contributed by atoms with E-state index in [2.05, 4.69) is 55.5 Å². The van der Waals surface area contributed by atoms with Crippen molar-refractivity contribution in [1.29, 1.82) is 5.26 Å². The zero-order valence-electron chi connectivity index (χ0n) is 17.2. The van der Waals surface area contributed by atoms with Crippen molar-refractivity contribution in [2.24, 2.45) is 0 Å². The first-order chi connectivity index (χ1) is 15.5. The molecule has 0 aliphatic carbocycles. The fraction of sp³-hybridized carbons (Fsp3) is 0.208. The van der Waals surface area contributed by atoms with E-state index in [0.717, 1.165) is 52.5 Å². The average Bonchev–Trinajstić information content (AvgIpc) is 3.29. The number of thiocarbonyl (C=S) groups is 1. The molecule has 8 heteroatoms. The molecule has 32 heavy (non-hydrogen) atoms. The van der Waals surface area contributed by atoms with Crippen molar-refractivity contribution in [3.05, 3.63) is 70.0 Å². The molecular formula is C24H21BrN4O2S. The van der Waals surface area contributed by atoms with Gasteiger partial charge in [-0.3, -0.25) is 10.1 Å². The molecule has 0 bridgehead atoms. The highest BCUT2D eigenvalue weighted by Crippen LogP contribution is 2.27. The molecule has 1 amide bonds. The monoisotopic (exact) mass is 508 g/mol. The van der Waals surface area contributed by atoms with Gasteiger partial charge >= 0.3 is 0 Å². The maximum absolute atomic E-state index is 12.0. The number of halogens is 1. The van der Waals surface area contributed by atoms with Crippen molar-refractivity contribution in [2.45, 2.75) is 25.8 Å². The second-order valence-corrected chi connectivity index (χ2v) is 8.77. The molecule has 2 aromatic carbocycles. The van der Waals surface area contributed by atoms with Gasteiger partial charge in [0.05, 0.1) is 18.2 Å². The molecule has 3 aromatic rings. The van der Waals surface area contributed by atoms with E-state index < -0.39 is 0 Å². The van der Waals surface area contributed by atoms with Gasteiger partial charge in [0.2, 0.25) is 0 Å². The van der Waals surface area contributed by atoms with Crippen molar-refractivity contribution in [2.75, 3.05) is 6.61 Å². The fourth-order valence-electron chi connectivity index (χ4n) is 3.61. The maximum atomic E-state index is 12.0. The molecule has 0 radical (unpaired) electrons. The van der Waals surface area contributed by atoms with Gasteiger partial charge in [0.1, 0.15) is 11.4 Å². The molecule has 0 atom stereocenters. The van der Waals surface area contributed by atoms with Gasteiger partial charge in [-0.1, -0.05) is 15.9 Å². The topological polar surface area (TPSA) is 79.1 Å². The first kappa shape index (κ1) is 22.1. The minimum Gasteiger partial charge on any atom is -0.494 e. The normalized spacial score (nSPS) is 14.4. The summed E-state index contributed by atoms with van der Waals surface area (Å²) < 4.78 is 8.96. The number of ether oxygens (including phenoxy) is 1. The summed E-state index contributed by atoms with van der Waals surface area (Å²) >= 11 is 8.57. The molecule has 162 valence electrons. The van der Waals surface area contributed by atoms with Gasteiger partial charge in [-0.25, -0.2) is 0 Å². The first-order valence-electron chi connectivity index (χ1n) is 10.3. The van der Waals surface area contributed by atoms with Gasteiger partial charge in [-0.2, -0.15) is 5.26 Å². The van der Waals surface area contributed by atoms with Crippen LogP contribution in [0.5, 0.6) is 5.75 Å². The minimum absolute atomic E-state index is 0.215. The van der Waals surface area contributed by atoms with Gasteiger partial charge < -0.3 is 14.6 Å². The lowest BCUT2D eigenvalue weighted by Crippen LogP contribution is -2.21. The standard InChI is InChI=1S/C24H21BrN4O2S/c25-18-6-9-22-20(13-18)17(12-21-23(30)28-24(32)27-21)15-29(22)10-2-1-3-11-31-19-7-4-16(14-26)5-8-19/h4-9,12-13,15H,1-3,10-11H2,(H2,27,28,30,32)/b21-12-. The van der Waals surface area contributed by atoms with Crippen LogP contribution < -0.4 is 15.4 Å². The molecule has 1 aliphatic rings. The SMILES string of the molecule is N#Cc1ccc(OCCCCCn2cc(/C=C3\NC(=S)NC3=O)c3cc(Br)ccc32)cc1. The molecule has 1 saturated heterocycles. The van der Waals surface area contributed by atoms with Crippen LogP contribution in [0, 0.1) is 11.3 Å².